The molecule has 0 unspecified atom stereocenters. The summed E-state index contributed by atoms with van der Waals surface area (Å²) >= 11 is 0. The molecule has 0 spiro atoms. The van der Waals surface area contributed by atoms with Gasteiger partial charge in [0.15, 0.2) is 0 Å². The number of aromatic nitrogens is 1. The minimum Gasteiger partial charge on any atom is -0.394 e. The van der Waals surface area contributed by atoms with Crippen LogP contribution >= 0.6 is 0 Å². The molecule has 0 aliphatic rings. The third-order valence-corrected chi connectivity index (χ3v) is 1.87. The van der Waals surface area contributed by atoms with Crippen LogP contribution in [-0.4, -0.2) is 16.5 Å². The topological polar surface area (TPSA) is 94.4 Å². The van der Waals surface area contributed by atoms with Gasteiger partial charge in [0.25, 0.3) is 0 Å². The summed E-state index contributed by atoms with van der Waals surface area (Å²) in [6.45, 7) is -0.519. The highest BCUT2D eigenvalue weighted by Gasteiger charge is 2.33. The summed E-state index contributed by atoms with van der Waals surface area (Å²) in [6.07, 6.45) is -3.79. The number of hydrogen-bond donors (Lipinski definition) is 3. The van der Waals surface area contributed by atoms with Crippen molar-refractivity contribution in [2.24, 2.45) is 5.73 Å². The summed E-state index contributed by atoms with van der Waals surface area (Å²) in [5, 5.41) is 8.95. The second kappa shape index (κ2) is 4.54. The minimum absolute atomic E-state index is 0.0133. The van der Waals surface area contributed by atoms with E-state index >= 15 is 0 Å². The number of aliphatic hydroxyl groups excluding tert-OH is 1. The largest absolute Gasteiger partial charge is 0.574 e. The van der Waals surface area contributed by atoms with E-state index in [9.17, 15) is 13.2 Å². The monoisotopic (exact) mass is 237 g/mol. The summed E-state index contributed by atoms with van der Waals surface area (Å²) in [5.74, 6) is -0.784. The van der Waals surface area contributed by atoms with Crippen molar-refractivity contribution in [3.63, 3.8) is 0 Å². The number of alkyl halides is 3. The molecule has 1 heterocycles. The Labute approximate surface area is 88.8 Å². The van der Waals surface area contributed by atoms with Crippen LogP contribution in [0, 0.1) is 0 Å². The van der Waals surface area contributed by atoms with E-state index in [0.29, 0.717) is 5.56 Å². The molecule has 0 saturated carbocycles. The van der Waals surface area contributed by atoms with E-state index in [1.807, 2.05) is 0 Å². The molecule has 1 aromatic heterocycles. The van der Waals surface area contributed by atoms with Gasteiger partial charge in [0.05, 0.1) is 6.61 Å². The van der Waals surface area contributed by atoms with E-state index in [1.54, 1.807) is 0 Å². The predicted octanol–water partition coefficient (Wildman–Crippen LogP) is 0.513. The zero-order chi connectivity index (χ0) is 12.3. The van der Waals surface area contributed by atoms with Gasteiger partial charge in [-0.15, -0.1) is 13.2 Å². The highest BCUT2D eigenvalue weighted by molar-refractivity contribution is 5.57. The van der Waals surface area contributed by atoms with E-state index in [2.05, 4.69) is 9.72 Å². The third-order valence-electron chi connectivity index (χ3n) is 1.87. The fraction of sp³-hybridized carbons (Fsp3) is 0.375. The highest BCUT2D eigenvalue weighted by atomic mass is 19.4. The Hall–Kier alpha value is -1.54. The number of aliphatic hydroxyl groups is 1. The molecular formula is C8H10F3N3O2. The first-order valence-electron chi connectivity index (χ1n) is 4.22. The van der Waals surface area contributed by atoms with Gasteiger partial charge in [-0.1, -0.05) is 0 Å². The highest BCUT2D eigenvalue weighted by Crippen LogP contribution is 2.30. The number of nitrogens with zero attached hydrogens (tertiary/aromatic N) is 1. The van der Waals surface area contributed by atoms with Crippen LogP contribution in [0.5, 0.6) is 5.88 Å². The lowest BCUT2D eigenvalue weighted by Crippen LogP contribution is -2.20. The van der Waals surface area contributed by atoms with Gasteiger partial charge in [-0.2, -0.15) is 0 Å². The van der Waals surface area contributed by atoms with Crippen LogP contribution in [0.2, 0.25) is 0 Å². The first kappa shape index (κ1) is 12.5. The Morgan fingerprint density at radius 1 is 1.44 bits per heavy atom. The number of nitrogens with two attached hydrogens (primary N) is 2. The molecule has 1 rings (SSSR count). The fourth-order valence-corrected chi connectivity index (χ4v) is 1.14. The van der Waals surface area contributed by atoms with Crippen molar-refractivity contribution in [3.05, 3.63) is 17.3 Å². The molecule has 5 N–H and O–H groups in total. The first-order chi connectivity index (χ1) is 7.39. The minimum atomic E-state index is -4.88. The van der Waals surface area contributed by atoms with Gasteiger partial charge in [0, 0.05) is 18.3 Å². The number of halogens is 3. The van der Waals surface area contributed by atoms with Gasteiger partial charge >= 0.3 is 6.36 Å². The molecule has 16 heavy (non-hydrogen) atoms. The van der Waals surface area contributed by atoms with Crippen molar-refractivity contribution in [2.75, 3.05) is 5.73 Å². The number of hydrogen-bond acceptors (Lipinski definition) is 5. The summed E-state index contributed by atoms with van der Waals surface area (Å²) in [6, 6.07) is 0. The van der Waals surface area contributed by atoms with Gasteiger partial charge in [0.1, 0.15) is 5.69 Å². The molecule has 0 fully saturated rings. The molecule has 0 radical (unpaired) electrons. The molecule has 0 amide bonds. The lowest BCUT2D eigenvalue weighted by molar-refractivity contribution is -0.275. The third kappa shape index (κ3) is 2.74. The molecule has 5 nitrogen and oxygen atoms in total. The van der Waals surface area contributed by atoms with Crippen molar-refractivity contribution < 1.29 is 23.0 Å². The lowest BCUT2D eigenvalue weighted by Gasteiger charge is -2.14. The van der Waals surface area contributed by atoms with Crippen molar-refractivity contribution in [1.82, 2.24) is 4.98 Å². The van der Waals surface area contributed by atoms with Crippen LogP contribution in [0.4, 0.5) is 18.9 Å². The number of rotatable bonds is 3. The summed E-state index contributed by atoms with van der Waals surface area (Å²) < 4.78 is 39.4. The van der Waals surface area contributed by atoms with E-state index in [4.69, 9.17) is 16.6 Å². The van der Waals surface area contributed by atoms with Crippen LogP contribution in [-0.2, 0) is 13.2 Å². The Kier molecular flexibility index (Phi) is 3.55. The predicted molar refractivity (Wildman–Crippen MR) is 49.1 cm³/mol. The first-order valence-corrected chi connectivity index (χ1v) is 4.22. The van der Waals surface area contributed by atoms with Crippen molar-refractivity contribution in [1.29, 1.82) is 0 Å². The molecule has 90 valence electrons. The maximum atomic E-state index is 11.9. The maximum absolute atomic E-state index is 11.9. The molecule has 8 heteroatoms. The van der Waals surface area contributed by atoms with E-state index in [-0.39, 0.29) is 17.8 Å². The molecule has 0 atom stereocenters. The number of ether oxygens (including phenoxy) is 1. The molecule has 0 bridgehead atoms. The molecule has 0 aliphatic heterocycles. The zero-order valence-electron chi connectivity index (χ0n) is 8.08. The Morgan fingerprint density at radius 3 is 2.50 bits per heavy atom. The maximum Gasteiger partial charge on any atom is 0.574 e. The molecule has 0 saturated heterocycles. The fourth-order valence-electron chi connectivity index (χ4n) is 1.14. The molecular weight excluding hydrogens is 227 g/mol. The van der Waals surface area contributed by atoms with Gasteiger partial charge in [-0.05, 0) is 5.56 Å². The van der Waals surface area contributed by atoms with Gasteiger partial charge in [0.2, 0.25) is 5.88 Å². The van der Waals surface area contributed by atoms with E-state index in [1.165, 1.54) is 0 Å². The van der Waals surface area contributed by atoms with Gasteiger partial charge < -0.3 is 21.3 Å². The van der Waals surface area contributed by atoms with E-state index in [0.717, 1.165) is 6.20 Å². The Morgan fingerprint density at radius 2 is 2.06 bits per heavy atom. The quantitative estimate of drug-likeness (QED) is 0.712. The zero-order valence-corrected chi connectivity index (χ0v) is 8.08. The average molecular weight is 237 g/mol. The molecule has 0 aromatic carbocycles. The Bertz CT molecular complexity index is 382. The summed E-state index contributed by atoms with van der Waals surface area (Å²) in [4.78, 5) is 3.38. The van der Waals surface area contributed by atoms with Crippen molar-refractivity contribution in [3.8, 4) is 5.88 Å². The van der Waals surface area contributed by atoms with Crippen molar-refractivity contribution >= 4 is 5.69 Å². The lowest BCUT2D eigenvalue weighted by atomic mass is 10.1. The van der Waals surface area contributed by atoms with Crippen LogP contribution < -0.4 is 16.2 Å². The second-order valence-corrected chi connectivity index (χ2v) is 2.89. The van der Waals surface area contributed by atoms with Gasteiger partial charge in [-0.3, -0.25) is 0 Å². The van der Waals surface area contributed by atoms with Crippen LogP contribution in [0.1, 0.15) is 11.1 Å². The molecule has 1 aromatic rings. The SMILES string of the molecule is NCc1cnc(OC(F)(F)F)c(N)c1CO. The van der Waals surface area contributed by atoms with Gasteiger partial charge in [-0.25, -0.2) is 4.98 Å². The molecule has 0 aliphatic carbocycles. The number of nitrogen functional groups attached to an aromatic ring is 1. The average Bonchev–Trinajstić information content (AvgIpc) is 2.19. The summed E-state index contributed by atoms with van der Waals surface area (Å²) in [5.41, 5.74) is 10.8. The normalized spacial score (nSPS) is 11.6. The van der Waals surface area contributed by atoms with E-state index < -0.39 is 18.8 Å². The number of anilines is 1. The van der Waals surface area contributed by atoms with Crippen molar-refractivity contribution in [2.45, 2.75) is 19.5 Å². The van der Waals surface area contributed by atoms with Crippen LogP contribution in [0.3, 0.4) is 0 Å². The Balaban J connectivity index is 3.14. The van der Waals surface area contributed by atoms with Crippen LogP contribution in [0.15, 0.2) is 6.20 Å². The number of pyridine rings is 1. The van der Waals surface area contributed by atoms with Crippen LogP contribution in [0.25, 0.3) is 0 Å². The standard InChI is InChI=1S/C8H10F3N3O2/c9-8(10,11)16-7-6(13)5(3-15)4(1-12)2-14-7/h2,15H,1,3,12-13H2. The smallest absolute Gasteiger partial charge is 0.394 e. The second-order valence-electron chi connectivity index (χ2n) is 2.89. The summed E-state index contributed by atoms with van der Waals surface area (Å²) in [7, 11) is 0.